The van der Waals surface area contributed by atoms with Crippen LogP contribution in [0.25, 0.3) is 0 Å². The van der Waals surface area contributed by atoms with Gasteiger partial charge in [0.1, 0.15) is 0 Å². The second-order valence-corrected chi connectivity index (χ2v) is 3.28. The number of amides is 1. The fraction of sp³-hybridized carbons (Fsp3) is 0.889. The second kappa shape index (κ2) is 5.16. The van der Waals surface area contributed by atoms with Gasteiger partial charge in [0.15, 0.2) is 0 Å². The summed E-state index contributed by atoms with van der Waals surface area (Å²) in [4.78, 5) is 12.9. The molecule has 1 unspecified atom stereocenters. The van der Waals surface area contributed by atoms with Gasteiger partial charge in [-0.25, -0.2) is 0 Å². The first kappa shape index (κ1) is 10.5. The average Bonchev–Trinajstić information content (AvgIpc) is 1.98. The minimum absolute atomic E-state index is 0.199. The lowest BCUT2D eigenvalue weighted by molar-refractivity contribution is -0.132. The Morgan fingerprint density at radius 1 is 1.45 bits per heavy atom. The van der Waals surface area contributed by atoms with E-state index < -0.39 is 0 Å². The molecule has 0 aliphatic heterocycles. The summed E-state index contributed by atoms with van der Waals surface area (Å²) in [6.45, 7) is 4.14. The summed E-state index contributed by atoms with van der Waals surface area (Å²) < 4.78 is 0. The zero-order valence-electron chi connectivity index (χ0n) is 8.05. The first-order chi connectivity index (χ1) is 5.09. The smallest absolute Gasteiger partial charge is 0.224 e. The summed E-state index contributed by atoms with van der Waals surface area (Å²) in [5.74, 6) is 0.448. The van der Waals surface area contributed by atoms with Gasteiger partial charge >= 0.3 is 0 Å². The number of carbonyl (C=O) groups excluding carboxylic acids is 1. The summed E-state index contributed by atoms with van der Waals surface area (Å²) in [6, 6.07) is 0. The molecule has 11 heavy (non-hydrogen) atoms. The summed E-state index contributed by atoms with van der Waals surface area (Å²) in [6.07, 6.45) is 3.35. The van der Waals surface area contributed by atoms with Crippen molar-refractivity contribution in [3.63, 3.8) is 0 Å². The Morgan fingerprint density at radius 2 is 2.00 bits per heavy atom. The van der Waals surface area contributed by atoms with Crippen LogP contribution < -0.4 is 0 Å². The van der Waals surface area contributed by atoms with E-state index in [0.29, 0.717) is 0 Å². The molecule has 2 nitrogen and oxygen atoms in total. The molecule has 0 radical (unpaired) electrons. The van der Waals surface area contributed by atoms with Crippen LogP contribution in [-0.2, 0) is 4.79 Å². The molecule has 0 N–H and O–H groups in total. The van der Waals surface area contributed by atoms with Crippen LogP contribution in [0.4, 0.5) is 0 Å². The summed E-state index contributed by atoms with van der Waals surface area (Å²) in [7, 11) is 3.62. The van der Waals surface area contributed by atoms with Crippen LogP contribution >= 0.6 is 0 Å². The van der Waals surface area contributed by atoms with Crippen LogP contribution in [0.5, 0.6) is 0 Å². The van der Waals surface area contributed by atoms with Crippen molar-refractivity contribution in [2.75, 3.05) is 14.1 Å². The highest BCUT2D eigenvalue weighted by molar-refractivity contribution is 5.77. The molecule has 0 aromatic rings. The summed E-state index contributed by atoms with van der Waals surface area (Å²) in [5, 5.41) is 0. The van der Waals surface area contributed by atoms with E-state index in [0.717, 1.165) is 12.8 Å². The number of hydrogen-bond donors (Lipinski definition) is 0. The number of nitrogens with zero attached hydrogens (tertiary/aromatic N) is 1. The Kier molecular flexibility index (Phi) is 4.92. The maximum Gasteiger partial charge on any atom is 0.224 e. The van der Waals surface area contributed by atoms with Gasteiger partial charge in [-0.1, -0.05) is 26.7 Å². The van der Waals surface area contributed by atoms with Crippen molar-refractivity contribution in [2.24, 2.45) is 5.92 Å². The van der Waals surface area contributed by atoms with Gasteiger partial charge in [0, 0.05) is 20.0 Å². The molecule has 0 rings (SSSR count). The van der Waals surface area contributed by atoms with Crippen LogP contribution in [0.3, 0.4) is 0 Å². The normalized spacial score (nSPS) is 12.7. The van der Waals surface area contributed by atoms with Gasteiger partial charge in [-0.3, -0.25) is 4.79 Å². The number of carbonyl (C=O) groups is 1. The number of hydrogen-bond acceptors (Lipinski definition) is 1. The molecule has 0 saturated carbocycles. The molecule has 2 heteroatoms. The minimum atomic E-state index is 0.199. The molecule has 0 heterocycles. The first-order valence-electron chi connectivity index (χ1n) is 4.30. The van der Waals surface area contributed by atoms with Crippen LogP contribution in [0.15, 0.2) is 0 Å². The van der Waals surface area contributed by atoms with Crippen LogP contribution in [-0.4, -0.2) is 24.9 Å². The second-order valence-electron chi connectivity index (χ2n) is 3.28. The quantitative estimate of drug-likeness (QED) is 0.610. The van der Waals surface area contributed by atoms with Gasteiger partial charge in [-0.15, -0.1) is 0 Å². The van der Waals surface area contributed by atoms with Gasteiger partial charge in [0.2, 0.25) is 5.91 Å². The third-order valence-electron chi connectivity index (χ3n) is 1.85. The van der Waals surface area contributed by atoms with E-state index in [1.807, 2.05) is 21.0 Å². The summed E-state index contributed by atoms with van der Waals surface area (Å²) >= 11 is 0. The maximum absolute atomic E-state index is 11.3. The van der Waals surface area contributed by atoms with Gasteiger partial charge in [0.05, 0.1) is 0 Å². The first-order valence-corrected chi connectivity index (χ1v) is 4.30. The van der Waals surface area contributed by atoms with E-state index in [1.165, 1.54) is 6.42 Å². The standard InChI is InChI=1S/C9H19NO/c1-5-6-7-8(2)9(11)10(3)4/h8H,5-7H2,1-4H3. The SMILES string of the molecule is CCCCC(C)C(=O)N(C)C. The van der Waals surface area contributed by atoms with E-state index >= 15 is 0 Å². The average molecular weight is 157 g/mol. The van der Waals surface area contributed by atoms with Crippen molar-refractivity contribution in [2.45, 2.75) is 33.1 Å². The lowest BCUT2D eigenvalue weighted by atomic mass is 10.0. The molecular formula is C9H19NO. The Morgan fingerprint density at radius 3 is 2.36 bits per heavy atom. The summed E-state index contributed by atoms with van der Waals surface area (Å²) in [5.41, 5.74) is 0. The Labute approximate surface area is 69.6 Å². The number of unbranched alkanes of at least 4 members (excludes halogenated alkanes) is 1. The van der Waals surface area contributed by atoms with E-state index in [-0.39, 0.29) is 11.8 Å². The van der Waals surface area contributed by atoms with Gasteiger partial charge in [-0.05, 0) is 6.42 Å². The Balaban J connectivity index is 3.64. The molecule has 0 saturated heterocycles. The highest BCUT2D eigenvalue weighted by Crippen LogP contribution is 2.09. The molecule has 0 fully saturated rings. The molecule has 0 aliphatic carbocycles. The lowest BCUT2D eigenvalue weighted by Gasteiger charge is -2.15. The Bertz CT molecular complexity index is 121. The molecule has 66 valence electrons. The molecular weight excluding hydrogens is 138 g/mol. The number of rotatable bonds is 4. The highest BCUT2D eigenvalue weighted by atomic mass is 16.2. The van der Waals surface area contributed by atoms with Crippen molar-refractivity contribution in [1.82, 2.24) is 4.90 Å². The zero-order valence-corrected chi connectivity index (χ0v) is 8.05. The van der Waals surface area contributed by atoms with Gasteiger partial charge < -0.3 is 4.90 Å². The van der Waals surface area contributed by atoms with Gasteiger partial charge in [-0.2, -0.15) is 0 Å². The third-order valence-corrected chi connectivity index (χ3v) is 1.85. The molecule has 1 amide bonds. The molecule has 1 atom stereocenters. The van der Waals surface area contributed by atoms with Crippen molar-refractivity contribution in [3.05, 3.63) is 0 Å². The molecule has 0 aromatic heterocycles. The van der Waals surface area contributed by atoms with Crippen molar-refractivity contribution in [1.29, 1.82) is 0 Å². The van der Waals surface area contributed by atoms with E-state index in [4.69, 9.17) is 0 Å². The lowest BCUT2D eigenvalue weighted by Crippen LogP contribution is -2.27. The minimum Gasteiger partial charge on any atom is -0.349 e. The predicted molar refractivity (Wildman–Crippen MR) is 47.4 cm³/mol. The Hall–Kier alpha value is -0.530. The predicted octanol–water partition coefficient (Wildman–Crippen LogP) is 1.90. The van der Waals surface area contributed by atoms with Crippen LogP contribution in [0.2, 0.25) is 0 Å². The monoisotopic (exact) mass is 157 g/mol. The topological polar surface area (TPSA) is 20.3 Å². The highest BCUT2D eigenvalue weighted by Gasteiger charge is 2.12. The van der Waals surface area contributed by atoms with Crippen molar-refractivity contribution >= 4 is 5.91 Å². The van der Waals surface area contributed by atoms with E-state index in [9.17, 15) is 4.79 Å². The van der Waals surface area contributed by atoms with E-state index in [2.05, 4.69) is 6.92 Å². The fourth-order valence-corrected chi connectivity index (χ4v) is 1.07. The zero-order chi connectivity index (χ0) is 8.85. The van der Waals surface area contributed by atoms with Crippen LogP contribution in [0.1, 0.15) is 33.1 Å². The third kappa shape index (κ3) is 4.02. The van der Waals surface area contributed by atoms with Crippen molar-refractivity contribution in [3.8, 4) is 0 Å². The maximum atomic E-state index is 11.3. The molecule has 0 bridgehead atoms. The fourth-order valence-electron chi connectivity index (χ4n) is 1.07. The van der Waals surface area contributed by atoms with Gasteiger partial charge in [0.25, 0.3) is 0 Å². The molecule has 0 aromatic carbocycles. The van der Waals surface area contributed by atoms with Crippen LogP contribution in [0, 0.1) is 5.92 Å². The molecule has 0 aliphatic rings. The van der Waals surface area contributed by atoms with E-state index in [1.54, 1.807) is 4.90 Å². The van der Waals surface area contributed by atoms with Crippen molar-refractivity contribution < 1.29 is 4.79 Å². The molecule has 0 spiro atoms. The largest absolute Gasteiger partial charge is 0.349 e.